The van der Waals surface area contributed by atoms with Gasteiger partial charge in [0.25, 0.3) is 0 Å². The van der Waals surface area contributed by atoms with Crippen LogP contribution in [0.3, 0.4) is 0 Å². The molecule has 56 heavy (non-hydrogen) atoms. The molecule has 0 fully saturated rings. The SMILES string of the molecule is C(#Cc1cc2sc1=C/C=c1\s/c(cc1C#Cc1ccccc1)=c1/cc(C#Cc3ccccc3)/c(s1)=C/C=c1\sc=2cc1C#Cc1ccccc1)c1ccccc1. The standard InChI is InChI=1S/C52H28S4/c1-5-13-37(14-6-1)21-25-41-33-49-50-34-42(26-22-38-15-7-2-8-16-38)47(54-50)31-32-48-44(28-24-40-19-11-4-12-20-40)36-52(56-48)51-35-43(27-23-39-17-9-3-10-18-39)46(55-51)30-29-45(41)53-49/h1-20,29-36H/b30-29?,32-31?,45-29-,46-30-,47-31-,48-32?,50-49-,52-51?. The highest BCUT2D eigenvalue weighted by molar-refractivity contribution is 7.12. The summed E-state index contributed by atoms with van der Waals surface area (Å²) in [4.78, 5) is 0. The van der Waals surface area contributed by atoms with Crippen molar-refractivity contribution in [3.05, 3.63) is 226 Å². The zero-order chi connectivity index (χ0) is 37.5. The van der Waals surface area contributed by atoms with Crippen molar-refractivity contribution in [2.24, 2.45) is 0 Å². The Kier molecular flexibility index (Phi) is 10.3. The fourth-order valence-corrected chi connectivity index (χ4v) is 10.2. The molecule has 8 aromatic rings. The van der Waals surface area contributed by atoms with Crippen LogP contribution < -0.4 is 18.1 Å². The summed E-state index contributed by atoms with van der Waals surface area (Å²) in [6.45, 7) is 0. The normalized spacial score (nSPS) is 13.3. The second-order valence-corrected chi connectivity index (χ2v) is 17.0. The average molecular weight is 781 g/mol. The van der Waals surface area contributed by atoms with Crippen LogP contribution in [0, 0.1) is 65.5 Å². The van der Waals surface area contributed by atoms with Crippen LogP contribution in [-0.2, 0) is 0 Å². The van der Waals surface area contributed by atoms with Gasteiger partial charge in [0.05, 0.1) is 0 Å². The summed E-state index contributed by atoms with van der Waals surface area (Å²) in [7, 11) is 0. The van der Waals surface area contributed by atoms with Gasteiger partial charge in [-0.3, -0.25) is 0 Å². The highest BCUT2D eigenvalue weighted by atomic mass is 32.1. The molecule has 0 amide bonds. The fraction of sp³-hybridized carbons (Fsp3) is 0. The molecule has 0 nitrogen and oxygen atoms in total. The molecule has 0 saturated heterocycles. The van der Waals surface area contributed by atoms with Crippen LogP contribution in [0.15, 0.2) is 146 Å². The summed E-state index contributed by atoms with van der Waals surface area (Å²) in [5.74, 6) is 27.6. The van der Waals surface area contributed by atoms with Gasteiger partial charge in [-0.25, -0.2) is 0 Å². The van der Waals surface area contributed by atoms with Crippen molar-refractivity contribution in [3.63, 3.8) is 0 Å². The molecule has 0 radical (unpaired) electrons. The predicted octanol–water partition coefficient (Wildman–Crippen LogP) is 8.94. The molecule has 1 aliphatic heterocycles. The molecule has 9 rings (SSSR count). The number of hydrogen-bond donors (Lipinski definition) is 0. The first-order chi connectivity index (χ1) is 27.7. The zero-order valence-electron chi connectivity index (χ0n) is 29.8. The second-order valence-electron chi connectivity index (χ2n) is 12.7. The van der Waals surface area contributed by atoms with Gasteiger partial charge in [-0.15, -0.1) is 45.3 Å². The van der Waals surface area contributed by atoms with Gasteiger partial charge in [-0.05, 0) is 97.1 Å². The minimum Gasteiger partial charge on any atom is -0.134 e. The van der Waals surface area contributed by atoms with Crippen molar-refractivity contribution in [2.75, 3.05) is 0 Å². The Hall–Kier alpha value is -6.60. The van der Waals surface area contributed by atoms with Crippen molar-refractivity contribution in [1.29, 1.82) is 0 Å². The van der Waals surface area contributed by atoms with Crippen LogP contribution in [-0.4, -0.2) is 0 Å². The third-order valence-electron chi connectivity index (χ3n) is 8.76. The third-order valence-corrected chi connectivity index (χ3v) is 13.6. The second kappa shape index (κ2) is 16.4. The summed E-state index contributed by atoms with van der Waals surface area (Å²) >= 11 is 7.03. The van der Waals surface area contributed by atoms with Crippen molar-refractivity contribution in [3.8, 4) is 47.4 Å². The van der Waals surface area contributed by atoms with Crippen molar-refractivity contribution < 1.29 is 0 Å². The van der Waals surface area contributed by atoms with Gasteiger partial charge in [0.2, 0.25) is 0 Å². The molecule has 1 aliphatic rings. The Morgan fingerprint density at radius 1 is 0.250 bits per heavy atom. The quantitative estimate of drug-likeness (QED) is 0.135. The van der Waals surface area contributed by atoms with Crippen LogP contribution in [0.25, 0.3) is 24.3 Å². The lowest BCUT2D eigenvalue weighted by Gasteiger charge is -1.87. The van der Waals surface area contributed by atoms with E-state index in [1.54, 1.807) is 45.3 Å². The fourth-order valence-electron chi connectivity index (χ4n) is 5.94. The lowest BCUT2D eigenvalue weighted by atomic mass is 10.2. The Morgan fingerprint density at radius 3 is 0.679 bits per heavy atom. The molecule has 0 spiro atoms. The van der Waals surface area contributed by atoms with Gasteiger partial charge in [-0.1, -0.05) is 120 Å². The average Bonchev–Trinajstić information content (AvgIpc) is 4.05. The van der Waals surface area contributed by atoms with E-state index in [9.17, 15) is 0 Å². The lowest BCUT2D eigenvalue weighted by Crippen LogP contribution is -2.00. The van der Waals surface area contributed by atoms with Crippen LogP contribution in [0.1, 0.15) is 44.5 Å². The molecule has 0 N–H and O–H groups in total. The first-order valence-corrected chi connectivity index (χ1v) is 21.2. The first-order valence-electron chi connectivity index (χ1n) is 17.9. The van der Waals surface area contributed by atoms with Crippen molar-refractivity contribution >= 4 is 69.7 Å². The molecular formula is C52H28S4. The Labute approximate surface area is 341 Å². The van der Waals surface area contributed by atoms with Crippen LogP contribution >= 0.6 is 45.3 Å². The van der Waals surface area contributed by atoms with Gasteiger partial charge in [0, 0.05) is 80.8 Å². The molecule has 4 aromatic heterocycles. The van der Waals surface area contributed by atoms with E-state index in [4.69, 9.17) is 0 Å². The van der Waals surface area contributed by atoms with Gasteiger partial charge in [0.1, 0.15) is 0 Å². The number of benzene rings is 4. The van der Waals surface area contributed by atoms with E-state index in [0.717, 1.165) is 80.8 Å². The molecule has 4 aromatic carbocycles. The maximum atomic E-state index is 3.50. The summed E-state index contributed by atoms with van der Waals surface area (Å²) in [5.41, 5.74) is 7.92. The van der Waals surface area contributed by atoms with E-state index in [0.29, 0.717) is 0 Å². The third kappa shape index (κ3) is 8.22. The first kappa shape index (κ1) is 35.1. The van der Waals surface area contributed by atoms with Gasteiger partial charge >= 0.3 is 0 Å². The molecule has 260 valence electrons. The van der Waals surface area contributed by atoms with E-state index in [2.05, 4.69) is 95.9 Å². The molecule has 0 saturated carbocycles. The van der Waals surface area contributed by atoms with Gasteiger partial charge in [-0.2, -0.15) is 0 Å². The Morgan fingerprint density at radius 2 is 0.464 bits per heavy atom. The van der Waals surface area contributed by atoms with Crippen molar-refractivity contribution in [1.82, 2.24) is 0 Å². The minimum atomic E-state index is 0.986. The highest BCUT2D eigenvalue weighted by Crippen LogP contribution is 2.14. The topological polar surface area (TPSA) is 0 Å². The summed E-state index contributed by atoms with van der Waals surface area (Å²) in [6, 6.07) is 49.6. The van der Waals surface area contributed by atoms with E-state index in [1.807, 2.05) is 121 Å². The van der Waals surface area contributed by atoms with E-state index in [-0.39, 0.29) is 0 Å². The molecule has 0 aliphatic carbocycles. The molecule has 0 unspecified atom stereocenters. The minimum absolute atomic E-state index is 0.986. The predicted molar refractivity (Wildman–Crippen MR) is 239 cm³/mol. The smallest absolute Gasteiger partial charge is 0.0462 e. The molecule has 5 heterocycles. The number of hydrogen-bond acceptors (Lipinski definition) is 4. The molecule has 4 heteroatoms. The van der Waals surface area contributed by atoms with Crippen LogP contribution in [0.5, 0.6) is 0 Å². The number of thiophene rings is 4. The zero-order valence-corrected chi connectivity index (χ0v) is 33.1. The maximum Gasteiger partial charge on any atom is 0.0462 e. The highest BCUT2D eigenvalue weighted by Gasteiger charge is 2.05. The summed E-state index contributed by atoms with van der Waals surface area (Å²) < 4.78 is 9.04. The van der Waals surface area contributed by atoms with E-state index >= 15 is 0 Å². The van der Waals surface area contributed by atoms with E-state index in [1.165, 1.54) is 0 Å². The monoisotopic (exact) mass is 780 g/mol. The summed E-state index contributed by atoms with van der Waals surface area (Å²) in [5, 5.41) is 0. The largest absolute Gasteiger partial charge is 0.134 e. The molecular weight excluding hydrogens is 753 g/mol. The van der Waals surface area contributed by atoms with Gasteiger partial charge < -0.3 is 0 Å². The molecule has 0 atom stereocenters. The lowest BCUT2D eigenvalue weighted by molar-refractivity contribution is 1.63. The van der Waals surface area contributed by atoms with Crippen LogP contribution in [0.2, 0.25) is 0 Å². The Balaban J connectivity index is 1.34. The Bertz CT molecular complexity index is 2990. The van der Waals surface area contributed by atoms with Gasteiger partial charge in [0.15, 0.2) is 0 Å². The molecule has 8 bridgehead atoms. The van der Waals surface area contributed by atoms with Crippen molar-refractivity contribution in [2.45, 2.75) is 0 Å². The van der Waals surface area contributed by atoms with E-state index < -0.39 is 0 Å². The summed E-state index contributed by atoms with van der Waals surface area (Å²) in [6.07, 6.45) is 8.83. The maximum absolute atomic E-state index is 3.50. The number of rotatable bonds is 0. The number of fused-ring (bicyclic) bond motifs is 8. The van der Waals surface area contributed by atoms with Crippen LogP contribution in [0.4, 0.5) is 0 Å².